The van der Waals surface area contributed by atoms with Crippen LogP contribution in [0.1, 0.15) is 11.8 Å². The first-order valence-electron chi connectivity index (χ1n) is 4.55. The third-order valence-electron chi connectivity index (χ3n) is 2.04. The molecular formula is C10H14ClNOS. The van der Waals surface area contributed by atoms with Gasteiger partial charge < -0.3 is 5.32 Å². The lowest BCUT2D eigenvalue weighted by Crippen LogP contribution is -2.24. The highest BCUT2D eigenvalue weighted by Crippen LogP contribution is 2.22. The van der Waals surface area contributed by atoms with Gasteiger partial charge in [0.05, 0.1) is 4.34 Å². The predicted molar refractivity (Wildman–Crippen MR) is 61.1 cm³/mol. The number of rotatable bonds is 5. The van der Waals surface area contributed by atoms with Crippen molar-refractivity contribution in [1.82, 2.24) is 5.32 Å². The Labute approximate surface area is 93.3 Å². The summed E-state index contributed by atoms with van der Waals surface area (Å²) in [6, 6.07) is 3.74. The van der Waals surface area contributed by atoms with Crippen molar-refractivity contribution in [2.24, 2.45) is 5.92 Å². The smallest absolute Gasteiger partial charge is 0.142 e. The Morgan fingerprint density at radius 2 is 2.36 bits per heavy atom. The number of ketones is 1. The molecule has 0 aliphatic heterocycles. The van der Waals surface area contributed by atoms with Gasteiger partial charge in [0.25, 0.3) is 0 Å². The molecule has 0 aromatic carbocycles. The fraction of sp³-hybridized carbons (Fsp3) is 0.500. The lowest BCUT2D eigenvalue weighted by atomic mass is 10.0. The van der Waals surface area contributed by atoms with Crippen molar-refractivity contribution >= 4 is 28.7 Å². The average Bonchev–Trinajstić information content (AvgIpc) is 2.51. The van der Waals surface area contributed by atoms with Crippen LogP contribution in [0.4, 0.5) is 0 Å². The molecule has 0 aliphatic carbocycles. The van der Waals surface area contributed by atoms with E-state index >= 15 is 0 Å². The molecule has 0 saturated heterocycles. The summed E-state index contributed by atoms with van der Waals surface area (Å²) in [4.78, 5) is 12.7. The van der Waals surface area contributed by atoms with E-state index in [1.807, 2.05) is 26.1 Å². The topological polar surface area (TPSA) is 29.1 Å². The normalized spacial score (nSPS) is 12.8. The molecule has 1 aromatic heterocycles. The van der Waals surface area contributed by atoms with E-state index in [-0.39, 0.29) is 11.7 Å². The number of hydrogen-bond donors (Lipinski definition) is 1. The molecule has 1 heterocycles. The van der Waals surface area contributed by atoms with E-state index in [1.165, 1.54) is 11.3 Å². The molecule has 0 radical (unpaired) electrons. The standard InChI is InChI=1S/C10H14ClNOS/c1-7(6-12-2)9(13)5-8-3-4-10(11)14-8/h3-4,7,12H,5-6H2,1-2H3. The van der Waals surface area contributed by atoms with Gasteiger partial charge in [-0.05, 0) is 19.2 Å². The first kappa shape index (κ1) is 11.7. The van der Waals surface area contributed by atoms with Crippen molar-refractivity contribution in [3.8, 4) is 0 Å². The summed E-state index contributed by atoms with van der Waals surface area (Å²) < 4.78 is 0.745. The molecular weight excluding hydrogens is 218 g/mol. The summed E-state index contributed by atoms with van der Waals surface area (Å²) in [5.41, 5.74) is 0. The lowest BCUT2D eigenvalue weighted by Gasteiger charge is -2.07. The highest BCUT2D eigenvalue weighted by atomic mass is 35.5. The van der Waals surface area contributed by atoms with E-state index in [0.29, 0.717) is 6.42 Å². The Bertz CT molecular complexity index is 311. The first-order chi connectivity index (χ1) is 6.63. The third kappa shape index (κ3) is 3.40. The largest absolute Gasteiger partial charge is 0.319 e. The molecule has 0 saturated carbocycles. The molecule has 0 spiro atoms. The molecule has 2 nitrogen and oxygen atoms in total. The fourth-order valence-corrected chi connectivity index (χ4v) is 2.31. The van der Waals surface area contributed by atoms with Crippen LogP contribution >= 0.6 is 22.9 Å². The number of hydrogen-bond acceptors (Lipinski definition) is 3. The van der Waals surface area contributed by atoms with Crippen molar-refractivity contribution in [3.05, 3.63) is 21.3 Å². The van der Waals surface area contributed by atoms with Gasteiger partial charge in [0.2, 0.25) is 0 Å². The maximum absolute atomic E-state index is 11.6. The number of thiophene rings is 1. The maximum atomic E-state index is 11.6. The zero-order valence-electron chi connectivity index (χ0n) is 8.34. The van der Waals surface area contributed by atoms with Gasteiger partial charge in [0, 0.05) is 23.8 Å². The van der Waals surface area contributed by atoms with Crippen LogP contribution in [0.25, 0.3) is 0 Å². The van der Waals surface area contributed by atoms with E-state index in [1.54, 1.807) is 0 Å². The second-order valence-electron chi connectivity index (χ2n) is 3.31. The molecule has 0 amide bonds. The van der Waals surface area contributed by atoms with Gasteiger partial charge in [-0.2, -0.15) is 0 Å². The zero-order valence-corrected chi connectivity index (χ0v) is 9.91. The quantitative estimate of drug-likeness (QED) is 0.843. The van der Waals surface area contributed by atoms with Crippen LogP contribution in [0.5, 0.6) is 0 Å². The van der Waals surface area contributed by atoms with E-state index in [2.05, 4.69) is 5.32 Å². The minimum atomic E-state index is 0.0703. The number of nitrogens with one attached hydrogen (secondary N) is 1. The Kier molecular flexibility index (Phi) is 4.58. The molecule has 14 heavy (non-hydrogen) atoms. The van der Waals surface area contributed by atoms with Gasteiger partial charge in [0.15, 0.2) is 0 Å². The lowest BCUT2D eigenvalue weighted by molar-refractivity contribution is -0.121. The molecule has 0 bridgehead atoms. The van der Waals surface area contributed by atoms with E-state index in [4.69, 9.17) is 11.6 Å². The molecule has 1 aromatic rings. The zero-order chi connectivity index (χ0) is 10.6. The van der Waals surface area contributed by atoms with Gasteiger partial charge in [-0.15, -0.1) is 11.3 Å². The van der Waals surface area contributed by atoms with Crippen molar-refractivity contribution in [2.75, 3.05) is 13.6 Å². The Morgan fingerprint density at radius 1 is 1.64 bits per heavy atom. The Hall–Kier alpha value is -0.380. The Balaban J connectivity index is 2.48. The molecule has 0 fully saturated rings. The summed E-state index contributed by atoms with van der Waals surface area (Å²) in [7, 11) is 1.85. The van der Waals surface area contributed by atoms with Gasteiger partial charge in [-0.25, -0.2) is 0 Å². The molecule has 1 N–H and O–H groups in total. The van der Waals surface area contributed by atoms with Crippen molar-refractivity contribution in [3.63, 3.8) is 0 Å². The van der Waals surface area contributed by atoms with E-state index < -0.39 is 0 Å². The second-order valence-corrected chi connectivity index (χ2v) is 5.11. The first-order valence-corrected chi connectivity index (χ1v) is 5.74. The van der Waals surface area contributed by atoms with Crippen molar-refractivity contribution in [2.45, 2.75) is 13.3 Å². The Morgan fingerprint density at radius 3 is 2.86 bits per heavy atom. The van der Waals surface area contributed by atoms with Crippen LogP contribution in [0, 0.1) is 5.92 Å². The van der Waals surface area contributed by atoms with Crippen LogP contribution in [-0.4, -0.2) is 19.4 Å². The van der Waals surface area contributed by atoms with Crippen LogP contribution in [-0.2, 0) is 11.2 Å². The van der Waals surface area contributed by atoms with Crippen molar-refractivity contribution in [1.29, 1.82) is 0 Å². The van der Waals surface area contributed by atoms with E-state index in [9.17, 15) is 4.79 Å². The number of carbonyl (C=O) groups is 1. The molecule has 0 aliphatic rings. The predicted octanol–water partition coefficient (Wildman–Crippen LogP) is 2.37. The highest BCUT2D eigenvalue weighted by Gasteiger charge is 2.13. The highest BCUT2D eigenvalue weighted by molar-refractivity contribution is 7.16. The monoisotopic (exact) mass is 231 g/mol. The SMILES string of the molecule is CNCC(C)C(=O)Cc1ccc(Cl)s1. The van der Waals surface area contributed by atoms with Crippen LogP contribution in [0.15, 0.2) is 12.1 Å². The van der Waals surface area contributed by atoms with Gasteiger partial charge >= 0.3 is 0 Å². The fourth-order valence-electron chi connectivity index (χ4n) is 1.21. The minimum Gasteiger partial charge on any atom is -0.319 e. The van der Waals surface area contributed by atoms with Crippen molar-refractivity contribution < 1.29 is 4.79 Å². The third-order valence-corrected chi connectivity index (χ3v) is 3.27. The molecule has 1 atom stereocenters. The molecule has 1 rings (SSSR count). The van der Waals surface area contributed by atoms with E-state index in [0.717, 1.165) is 15.8 Å². The van der Waals surface area contributed by atoms with Gasteiger partial charge in [-0.1, -0.05) is 18.5 Å². The second kappa shape index (κ2) is 5.49. The summed E-state index contributed by atoms with van der Waals surface area (Å²) in [6.07, 6.45) is 0.500. The maximum Gasteiger partial charge on any atom is 0.142 e. The summed E-state index contributed by atoms with van der Waals surface area (Å²) >= 11 is 7.26. The molecule has 4 heteroatoms. The number of halogens is 1. The molecule has 78 valence electrons. The van der Waals surface area contributed by atoms with Gasteiger partial charge in [0.1, 0.15) is 5.78 Å². The summed E-state index contributed by atoms with van der Waals surface area (Å²) in [6.45, 7) is 2.67. The minimum absolute atomic E-state index is 0.0703. The molecule has 1 unspecified atom stereocenters. The average molecular weight is 232 g/mol. The number of Topliss-reactive ketones (excluding diaryl/α,β-unsaturated/α-hetero) is 1. The summed E-state index contributed by atoms with van der Waals surface area (Å²) in [5, 5.41) is 3.00. The van der Waals surface area contributed by atoms with Gasteiger partial charge in [-0.3, -0.25) is 4.79 Å². The number of carbonyl (C=O) groups excluding carboxylic acids is 1. The van der Waals surface area contributed by atoms with Crippen LogP contribution < -0.4 is 5.32 Å². The van der Waals surface area contributed by atoms with Crippen LogP contribution in [0.2, 0.25) is 4.34 Å². The summed E-state index contributed by atoms with van der Waals surface area (Å²) in [5.74, 6) is 0.332. The van der Waals surface area contributed by atoms with Crippen LogP contribution in [0.3, 0.4) is 0 Å².